The van der Waals surface area contributed by atoms with Crippen LogP contribution < -0.4 is 5.32 Å². The van der Waals surface area contributed by atoms with E-state index < -0.39 is 17.7 Å². The minimum Gasteiger partial charge on any atom is -0.465 e. The lowest BCUT2D eigenvalue weighted by Crippen LogP contribution is -2.52. The van der Waals surface area contributed by atoms with Crippen molar-refractivity contribution in [2.45, 2.75) is 51.7 Å². The minimum atomic E-state index is -1.08. The lowest BCUT2D eigenvalue weighted by Gasteiger charge is -2.32. The number of carboxylic acid groups (broad SMARTS) is 1. The molecular formula is C9H19NO3. The van der Waals surface area contributed by atoms with Gasteiger partial charge in [-0.2, -0.15) is 0 Å². The Bertz CT molecular complexity index is 170. The van der Waals surface area contributed by atoms with Gasteiger partial charge in [0.05, 0.1) is 11.6 Å². The Kier molecular flexibility index (Phi) is 4.77. The number of hydrogen-bond acceptors (Lipinski definition) is 2. The van der Waals surface area contributed by atoms with Gasteiger partial charge in [-0.1, -0.05) is 19.8 Å². The highest BCUT2D eigenvalue weighted by Gasteiger charge is 2.30. The predicted molar refractivity (Wildman–Crippen MR) is 50.8 cm³/mol. The van der Waals surface area contributed by atoms with Crippen LogP contribution in [0.25, 0.3) is 0 Å². The van der Waals surface area contributed by atoms with Crippen LogP contribution in [0.5, 0.6) is 0 Å². The second-order valence-electron chi connectivity index (χ2n) is 3.63. The normalized spacial score (nSPS) is 17.5. The third-order valence-corrected chi connectivity index (χ3v) is 2.36. The fraction of sp³-hybridized carbons (Fsp3) is 0.889. The summed E-state index contributed by atoms with van der Waals surface area (Å²) in [4.78, 5) is 10.5. The molecule has 0 heterocycles. The molecule has 1 unspecified atom stereocenters. The van der Waals surface area contributed by atoms with E-state index in [4.69, 9.17) is 5.11 Å². The number of carbonyl (C=O) groups is 1. The number of unbranched alkanes of at least 4 members (excludes halogenated alkanes) is 1. The van der Waals surface area contributed by atoms with Crippen molar-refractivity contribution in [2.24, 2.45) is 0 Å². The van der Waals surface area contributed by atoms with E-state index in [0.29, 0.717) is 6.42 Å². The maximum atomic E-state index is 10.5. The first kappa shape index (κ1) is 12.2. The molecule has 4 nitrogen and oxygen atoms in total. The van der Waals surface area contributed by atoms with Crippen molar-refractivity contribution in [3.63, 3.8) is 0 Å². The Morgan fingerprint density at radius 2 is 2.15 bits per heavy atom. The van der Waals surface area contributed by atoms with E-state index in [0.717, 1.165) is 12.8 Å². The lowest BCUT2D eigenvalue weighted by atomic mass is 9.90. The average molecular weight is 189 g/mol. The molecule has 2 atom stereocenters. The van der Waals surface area contributed by atoms with Gasteiger partial charge >= 0.3 is 6.09 Å². The van der Waals surface area contributed by atoms with Crippen LogP contribution in [0.1, 0.15) is 40.0 Å². The molecule has 1 amide bonds. The molecule has 0 aliphatic carbocycles. The van der Waals surface area contributed by atoms with Gasteiger partial charge in [0.2, 0.25) is 0 Å². The van der Waals surface area contributed by atoms with Crippen molar-refractivity contribution in [3.05, 3.63) is 0 Å². The predicted octanol–water partition coefficient (Wildman–Crippen LogP) is 1.58. The van der Waals surface area contributed by atoms with Crippen LogP contribution in [0.3, 0.4) is 0 Å². The van der Waals surface area contributed by atoms with Crippen LogP contribution in [0, 0.1) is 0 Å². The molecule has 0 aromatic carbocycles. The van der Waals surface area contributed by atoms with Crippen LogP contribution in [-0.4, -0.2) is 27.9 Å². The molecule has 4 heteroatoms. The maximum absolute atomic E-state index is 10.5. The van der Waals surface area contributed by atoms with Gasteiger partial charge in [0.25, 0.3) is 0 Å². The second kappa shape index (κ2) is 5.07. The summed E-state index contributed by atoms with van der Waals surface area (Å²) in [5.41, 5.74) is -0.720. The molecule has 0 bridgehead atoms. The summed E-state index contributed by atoms with van der Waals surface area (Å²) >= 11 is 0. The summed E-state index contributed by atoms with van der Waals surface area (Å²) < 4.78 is 0. The first-order valence-corrected chi connectivity index (χ1v) is 4.61. The van der Waals surface area contributed by atoms with Crippen molar-refractivity contribution in [2.75, 3.05) is 0 Å². The van der Waals surface area contributed by atoms with Crippen LogP contribution in [0.2, 0.25) is 0 Å². The van der Waals surface area contributed by atoms with Gasteiger partial charge in [-0.25, -0.2) is 4.79 Å². The van der Waals surface area contributed by atoms with E-state index in [1.807, 2.05) is 6.92 Å². The smallest absolute Gasteiger partial charge is 0.405 e. The summed E-state index contributed by atoms with van der Waals surface area (Å²) in [5.74, 6) is 0. The molecule has 0 saturated heterocycles. The summed E-state index contributed by atoms with van der Waals surface area (Å²) in [6, 6.07) is 0. The largest absolute Gasteiger partial charge is 0.465 e. The molecule has 78 valence electrons. The van der Waals surface area contributed by atoms with Crippen molar-refractivity contribution in [1.29, 1.82) is 0 Å². The molecular weight excluding hydrogens is 170 g/mol. The highest BCUT2D eigenvalue weighted by atomic mass is 16.4. The average Bonchev–Trinajstić information content (AvgIpc) is 1.99. The molecule has 0 aliphatic heterocycles. The lowest BCUT2D eigenvalue weighted by molar-refractivity contribution is 0.0749. The van der Waals surface area contributed by atoms with Gasteiger partial charge in [0.1, 0.15) is 0 Å². The first-order valence-electron chi connectivity index (χ1n) is 4.61. The Morgan fingerprint density at radius 1 is 1.62 bits per heavy atom. The number of aliphatic hydroxyl groups excluding tert-OH is 1. The quantitative estimate of drug-likeness (QED) is 0.615. The fourth-order valence-electron chi connectivity index (χ4n) is 1.16. The van der Waals surface area contributed by atoms with Gasteiger partial charge < -0.3 is 15.5 Å². The van der Waals surface area contributed by atoms with Gasteiger partial charge in [0, 0.05) is 0 Å². The first-order chi connectivity index (χ1) is 5.92. The molecule has 0 aromatic heterocycles. The second-order valence-corrected chi connectivity index (χ2v) is 3.63. The summed E-state index contributed by atoms with van der Waals surface area (Å²) in [6.07, 6.45) is 0.799. The van der Waals surface area contributed by atoms with Crippen LogP contribution >= 0.6 is 0 Å². The van der Waals surface area contributed by atoms with Crippen LogP contribution in [0.4, 0.5) is 4.79 Å². The Balaban J connectivity index is 4.24. The zero-order valence-corrected chi connectivity index (χ0v) is 8.50. The van der Waals surface area contributed by atoms with E-state index in [9.17, 15) is 9.90 Å². The number of nitrogens with one attached hydrogen (secondary N) is 1. The third kappa shape index (κ3) is 4.12. The standard InChI is InChI=1S/C9H19NO3/c1-4-5-6-9(3,7(2)11)10-8(12)13/h7,10-11H,4-6H2,1-3H3,(H,12,13)/t7?,9-/m0/s1. The van der Waals surface area contributed by atoms with Crippen molar-refractivity contribution < 1.29 is 15.0 Å². The Morgan fingerprint density at radius 3 is 2.46 bits per heavy atom. The van der Waals surface area contributed by atoms with E-state index in [1.165, 1.54) is 0 Å². The molecule has 0 spiro atoms. The third-order valence-electron chi connectivity index (χ3n) is 2.36. The van der Waals surface area contributed by atoms with Crippen molar-refractivity contribution >= 4 is 6.09 Å². The van der Waals surface area contributed by atoms with E-state index in [1.54, 1.807) is 13.8 Å². The fourth-order valence-corrected chi connectivity index (χ4v) is 1.16. The number of hydrogen-bond donors (Lipinski definition) is 3. The number of amides is 1. The molecule has 0 saturated carbocycles. The highest BCUT2D eigenvalue weighted by molar-refractivity contribution is 5.65. The number of rotatable bonds is 5. The Hall–Kier alpha value is -0.770. The van der Waals surface area contributed by atoms with Crippen LogP contribution in [-0.2, 0) is 0 Å². The molecule has 0 fully saturated rings. The van der Waals surface area contributed by atoms with E-state index >= 15 is 0 Å². The van der Waals surface area contributed by atoms with E-state index in [-0.39, 0.29) is 0 Å². The monoisotopic (exact) mass is 189 g/mol. The SMILES string of the molecule is CCCC[C@](C)(NC(=O)O)C(C)O. The molecule has 3 N–H and O–H groups in total. The van der Waals surface area contributed by atoms with Gasteiger partial charge in [-0.3, -0.25) is 0 Å². The molecule has 13 heavy (non-hydrogen) atoms. The van der Waals surface area contributed by atoms with Crippen molar-refractivity contribution in [1.82, 2.24) is 5.32 Å². The minimum absolute atomic E-state index is 0.660. The highest BCUT2D eigenvalue weighted by Crippen LogP contribution is 2.18. The van der Waals surface area contributed by atoms with Crippen molar-refractivity contribution in [3.8, 4) is 0 Å². The molecule has 0 aromatic rings. The zero-order chi connectivity index (χ0) is 10.5. The molecule has 0 aliphatic rings. The van der Waals surface area contributed by atoms with Gasteiger partial charge in [-0.15, -0.1) is 0 Å². The summed E-state index contributed by atoms with van der Waals surface area (Å²) in [5, 5.41) is 20.4. The summed E-state index contributed by atoms with van der Waals surface area (Å²) in [7, 11) is 0. The molecule has 0 rings (SSSR count). The van der Waals surface area contributed by atoms with Gasteiger partial charge in [-0.05, 0) is 20.3 Å². The van der Waals surface area contributed by atoms with E-state index in [2.05, 4.69) is 5.32 Å². The van der Waals surface area contributed by atoms with Gasteiger partial charge in [0.15, 0.2) is 0 Å². The zero-order valence-electron chi connectivity index (χ0n) is 8.50. The molecule has 0 radical (unpaired) electrons. The summed E-state index contributed by atoms with van der Waals surface area (Å²) in [6.45, 7) is 5.36. The number of aliphatic hydroxyl groups is 1. The maximum Gasteiger partial charge on any atom is 0.405 e. The topological polar surface area (TPSA) is 69.6 Å². The van der Waals surface area contributed by atoms with Crippen LogP contribution in [0.15, 0.2) is 0 Å². The Labute approximate surface area is 79.0 Å².